The first kappa shape index (κ1) is 14.3. The highest BCUT2D eigenvalue weighted by Crippen LogP contribution is 2.24. The molecule has 2 N–H and O–H groups in total. The third-order valence-corrected chi connectivity index (χ3v) is 3.11. The van der Waals surface area contributed by atoms with E-state index < -0.39 is 0 Å². The molecule has 0 aliphatic carbocycles. The van der Waals surface area contributed by atoms with Crippen LogP contribution in [0.25, 0.3) is 0 Å². The Morgan fingerprint density at radius 1 is 1.53 bits per heavy atom. The molecule has 0 aliphatic heterocycles. The number of amides is 1. The lowest BCUT2D eigenvalue weighted by Crippen LogP contribution is -2.33. The van der Waals surface area contributed by atoms with E-state index >= 15 is 0 Å². The highest BCUT2D eigenvalue weighted by Gasteiger charge is 2.12. The Labute approximate surface area is 114 Å². The number of phenols is 1. The van der Waals surface area contributed by atoms with Gasteiger partial charge in [0.05, 0.1) is 4.47 Å². The van der Waals surface area contributed by atoms with Crippen LogP contribution in [0.15, 0.2) is 22.7 Å². The Morgan fingerprint density at radius 3 is 2.71 bits per heavy atom. The van der Waals surface area contributed by atoms with Gasteiger partial charge in [0.1, 0.15) is 5.75 Å². The highest BCUT2D eigenvalue weighted by atomic mass is 79.9. The molecule has 0 bridgehead atoms. The maximum absolute atomic E-state index is 11.8. The lowest BCUT2D eigenvalue weighted by Gasteiger charge is -2.15. The minimum absolute atomic E-state index is 0.000731. The summed E-state index contributed by atoms with van der Waals surface area (Å²) in [4.78, 5) is 11.8. The quantitative estimate of drug-likeness (QED) is 0.836. The predicted octanol–water partition coefficient (Wildman–Crippen LogP) is 3.29. The van der Waals surface area contributed by atoms with Gasteiger partial charge in [0.2, 0.25) is 0 Å². The molecular formula is C12H15BrClNO2. The van der Waals surface area contributed by atoms with E-state index in [-0.39, 0.29) is 23.1 Å². The average molecular weight is 321 g/mol. The van der Waals surface area contributed by atoms with Gasteiger partial charge in [-0.2, -0.15) is 0 Å². The molecule has 17 heavy (non-hydrogen) atoms. The molecule has 1 amide bonds. The van der Waals surface area contributed by atoms with Gasteiger partial charge in [-0.25, -0.2) is 0 Å². The number of hydrogen-bond donors (Lipinski definition) is 2. The van der Waals surface area contributed by atoms with Gasteiger partial charge in [-0.05, 0) is 54.4 Å². The van der Waals surface area contributed by atoms with Crippen molar-refractivity contribution >= 4 is 33.4 Å². The largest absolute Gasteiger partial charge is 0.507 e. The highest BCUT2D eigenvalue weighted by molar-refractivity contribution is 9.10. The van der Waals surface area contributed by atoms with Gasteiger partial charge < -0.3 is 10.4 Å². The van der Waals surface area contributed by atoms with Crippen LogP contribution in [-0.2, 0) is 0 Å². The van der Waals surface area contributed by atoms with Crippen LogP contribution < -0.4 is 5.32 Å². The second kappa shape index (κ2) is 6.26. The lowest BCUT2D eigenvalue weighted by atomic mass is 10.1. The van der Waals surface area contributed by atoms with Crippen molar-refractivity contribution in [1.29, 1.82) is 0 Å². The normalized spacial score (nSPS) is 14.1. The van der Waals surface area contributed by atoms with Crippen molar-refractivity contribution in [3.05, 3.63) is 28.2 Å². The van der Waals surface area contributed by atoms with Gasteiger partial charge in [0, 0.05) is 17.0 Å². The Kier molecular flexibility index (Phi) is 5.28. The summed E-state index contributed by atoms with van der Waals surface area (Å²) in [6.45, 7) is 3.78. The molecule has 3 nitrogen and oxygen atoms in total. The number of aromatic hydroxyl groups is 1. The number of carbonyl (C=O) groups is 1. The monoisotopic (exact) mass is 319 g/mol. The van der Waals surface area contributed by atoms with Crippen LogP contribution in [0.3, 0.4) is 0 Å². The van der Waals surface area contributed by atoms with E-state index in [1.54, 1.807) is 12.1 Å². The molecule has 94 valence electrons. The zero-order chi connectivity index (χ0) is 13.0. The van der Waals surface area contributed by atoms with E-state index in [1.165, 1.54) is 6.07 Å². The Morgan fingerprint density at radius 2 is 2.18 bits per heavy atom. The summed E-state index contributed by atoms with van der Waals surface area (Å²) in [5.74, 6) is -0.159. The zero-order valence-corrected chi connectivity index (χ0v) is 12.0. The number of nitrogens with one attached hydrogen (secondary N) is 1. The van der Waals surface area contributed by atoms with Crippen LogP contribution in [0.2, 0.25) is 0 Å². The summed E-state index contributed by atoms with van der Waals surface area (Å²) in [6.07, 6.45) is 0.704. The van der Waals surface area contributed by atoms with Crippen molar-refractivity contribution in [2.24, 2.45) is 0 Å². The first-order valence-corrected chi connectivity index (χ1v) is 6.56. The van der Waals surface area contributed by atoms with Crippen molar-refractivity contribution in [3.63, 3.8) is 0 Å². The molecule has 1 rings (SSSR count). The maximum Gasteiger partial charge on any atom is 0.251 e. The minimum Gasteiger partial charge on any atom is -0.507 e. The van der Waals surface area contributed by atoms with Crippen molar-refractivity contribution in [2.45, 2.75) is 31.7 Å². The molecular weight excluding hydrogens is 305 g/mol. The molecule has 1 aromatic carbocycles. The Balaban J connectivity index is 2.66. The summed E-state index contributed by atoms with van der Waals surface area (Å²) < 4.78 is 0.566. The second-order valence-electron chi connectivity index (χ2n) is 4.06. The van der Waals surface area contributed by atoms with Crippen molar-refractivity contribution in [2.75, 3.05) is 0 Å². The average Bonchev–Trinajstić information content (AvgIpc) is 2.20. The molecule has 0 saturated carbocycles. The van der Waals surface area contributed by atoms with Crippen molar-refractivity contribution in [3.8, 4) is 5.75 Å². The zero-order valence-electron chi connectivity index (χ0n) is 9.71. The molecule has 1 aromatic rings. The fraction of sp³-hybridized carbons (Fsp3) is 0.417. The molecule has 2 atom stereocenters. The summed E-state index contributed by atoms with van der Waals surface area (Å²) >= 11 is 9.01. The predicted molar refractivity (Wildman–Crippen MR) is 72.7 cm³/mol. The molecule has 0 saturated heterocycles. The lowest BCUT2D eigenvalue weighted by molar-refractivity contribution is 0.0938. The van der Waals surface area contributed by atoms with Crippen LogP contribution in [0.5, 0.6) is 5.75 Å². The molecule has 5 heteroatoms. The molecule has 0 aliphatic rings. The number of rotatable bonds is 4. The van der Waals surface area contributed by atoms with E-state index in [2.05, 4.69) is 21.2 Å². The van der Waals surface area contributed by atoms with Crippen molar-refractivity contribution < 1.29 is 9.90 Å². The van der Waals surface area contributed by atoms with E-state index in [9.17, 15) is 9.90 Å². The number of benzene rings is 1. The number of phenolic OH excluding ortho intramolecular Hbond substituents is 1. The van der Waals surface area contributed by atoms with E-state index in [4.69, 9.17) is 11.6 Å². The molecule has 0 heterocycles. The van der Waals surface area contributed by atoms with Gasteiger partial charge in [-0.1, -0.05) is 0 Å². The van der Waals surface area contributed by atoms with Gasteiger partial charge in [0.15, 0.2) is 0 Å². The Hall–Kier alpha value is -0.740. The summed E-state index contributed by atoms with van der Waals surface area (Å²) in [5.41, 5.74) is 0.430. The van der Waals surface area contributed by atoms with Gasteiger partial charge >= 0.3 is 0 Å². The summed E-state index contributed by atoms with van der Waals surface area (Å²) in [6, 6.07) is 4.71. The van der Waals surface area contributed by atoms with Crippen LogP contribution in [0.4, 0.5) is 0 Å². The molecule has 2 unspecified atom stereocenters. The van der Waals surface area contributed by atoms with Crippen LogP contribution in [-0.4, -0.2) is 22.4 Å². The molecule has 0 radical (unpaired) electrons. The van der Waals surface area contributed by atoms with Crippen molar-refractivity contribution in [1.82, 2.24) is 5.32 Å². The van der Waals surface area contributed by atoms with E-state index in [0.29, 0.717) is 16.5 Å². The molecule has 0 fully saturated rings. The number of halogens is 2. The number of hydrogen-bond acceptors (Lipinski definition) is 2. The van der Waals surface area contributed by atoms with Crippen LogP contribution in [0.1, 0.15) is 30.6 Å². The fourth-order valence-corrected chi connectivity index (χ4v) is 2.02. The van der Waals surface area contributed by atoms with Crippen LogP contribution >= 0.6 is 27.5 Å². The second-order valence-corrected chi connectivity index (χ2v) is 5.66. The summed E-state index contributed by atoms with van der Waals surface area (Å²) in [7, 11) is 0. The standard InChI is InChI=1S/C12H15BrClNO2/c1-7(14)5-8(2)15-12(17)9-3-4-10(13)11(16)6-9/h3-4,6-8,16H,5H2,1-2H3,(H,15,17). The van der Waals surface area contributed by atoms with E-state index in [1.807, 2.05) is 13.8 Å². The topological polar surface area (TPSA) is 49.3 Å². The first-order chi connectivity index (χ1) is 7.90. The summed E-state index contributed by atoms with van der Waals surface area (Å²) in [5, 5.41) is 12.3. The fourth-order valence-electron chi connectivity index (χ4n) is 1.51. The number of alkyl halides is 1. The van der Waals surface area contributed by atoms with Gasteiger partial charge in [0.25, 0.3) is 5.91 Å². The maximum atomic E-state index is 11.8. The van der Waals surface area contributed by atoms with Crippen LogP contribution in [0, 0.1) is 0 Å². The minimum atomic E-state index is -0.211. The SMILES string of the molecule is CC(Cl)CC(C)NC(=O)c1ccc(Br)c(O)c1. The third kappa shape index (κ3) is 4.56. The van der Waals surface area contributed by atoms with E-state index in [0.717, 1.165) is 0 Å². The number of carbonyl (C=O) groups excluding carboxylic acids is 1. The molecule has 0 aromatic heterocycles. The van der Waals surface area contributed by atoms with Gasteiger partial charge in [-0.15, -0.1) is 11.6 Å². The molecule has 0 spiro atoms. The smallest absolute Gasteiger partial charge is 0.251 e. The van der Waals surface area contributed by atoms with Gasteiger partial charge in [-0.3, -0.25) is 4.79 Å². The Bertz CT molecular complexity index is 409. The first-order valence-electron chi connectivity index (χ1n) is 5.33. The third-order valence-electron chi connectivity index (χ3n) is 2.26.